The number of anilines is 2. The molecule has 1 saturated heterocycles. The van der Waals surface area contributed by atoms with Gasteiger partial charge in [0.2, 0.25) is 0 Å². The van der Waals surface area contributed by atoms with Crippen LogP contribution in [0.2, 0.25) is 0 Å². The van der Waals surface area contributed by atoms with E-state index in [1.165, 1.54) is 0 Å². The third-order valence-corrected chi connectivity index (χ3v) is 4.87. The highest BCUT2D eigenvalue weighted by Crippen LogP contribution is 2.44. The summed E-state index contributed by atoms with van der Waals surface area (Å²) in [7, 11) is 0. The molecule has 2 aromatic rings. The second kappa shape index (κ2) is 7.55. The highest BCUT2D eigenvalue weighted by atomic mass is 19.4. The van der Waals surface area contributed by atoms with Gasteiger partial charge in [0.05, 0.1) is 16.8 Å². The van der Waals surface area contributed by atoms with Crippen molar-refractivity contribution in [1.82, 2.24) is 20.3 Å². The normalized spacial score (nSPS) is 19.5. The minimum Gasteiger partial charge on any atom is -0.434 e. The van der Waals surface area contributed by atoms with Crippen LogP contribution in [-0.4, -0.2) is 53.1 Å². The Morgan fingerprint density at radius 1 is 1.13 bits per heavy atom. The predicted molar refractivity (Wildman–Crippen MR) is 98.8 cm³/mol. The number of nitrogens with one attached hydrogen (secondary N) is 2. The first kappa shape index (κ1) is 21.2. The molecule has 166 valence electrons. The van der Waals surface area contributed by atoms with Crippen molar-refractivity contribution < 1.29 is 31.5 Å². The quantitative estimate of drug-likeness (QED) is 0.703. The molecule has 2 aliphatic heterocycles. The fourth-order valence-electron chi connectivity index (χ4n) is 3.45. The van der Waals surface area contributed by atoms with E-state index in [0.29, 0.717) is 33.1 Å². The summed E-state index contributed by atoms with van der Waals surface area (Å²) in [5.74, 6) is -3.77. The molecule has 4 rings (SSSR count). The van der Waals surface area contributed by atoms with Crippen LogP contribution in [0.4, 0.5) is 38.4 Å². The Labute approximate surface area is 172 Å². The monoisotopic (exact) mass is 444 g/mol. The summed E-state index contributed by atoms with van der Waals surface area (Å²) in [6.07, 6.45) is -6.99. The lowest BCUT2D eigenvalue weighted by atomic mass is 9.99. The van der Waals surface area contributed by atoms with Gasteiger partial charge in [-0.1, -0.05) is 0 Å². The fourth-order valence-corrected chi connectivity index (χ4v) is 3.45. The standard InChI is InChI=1S/C18H17F5N6O2/c1-17(19,20)14-12-13(25-8-26-15(12)28-16(30)31-14)10-6-9(18(21,22)23)7-11(27-10)29-4-2-24-3-5-29/h6-8,14,24H,2-5H2,1H3,(H,25,26,28,30)/t14-/m0/s1. The average Bonchev–Trinajstić information content (AvgIpc) is 2.71. The number of aromatic nitrogens is 3. The maximum Gasteiger partial charge on any atom is 0.416 e. The Kier molecular flexibility index (Phi) is 5.15. The number of rotatable bonds is 3. The molecule has 1 atom stereocenters. The molecule has 0 aromatic carbocycles. The summed E-state index contributed by atoms with van der Waals surface area (Å²) < 4.78 is 74.0. The van der Waals surface area contributed by atoms with Gasteiger partial charge < -0.3 is 15.0 Å². The molecular weight excluding hydrogens is 427 g/mol. The Morgan fingerprint density at radius 2 is 1.84 bits per heavy atom. The van der Waals surface area contributed by atoms with E-state index in [1.807, 2.05) is 0 Å². The van der Waals surface area contributed by atoms with Gasteiger partial charge in [0.15, 0.2) is 6.10 Å². The van der Waals surface area contributed by atoms with Crippen LogP contribution in [0.1, 0.15) is 24.2 Å². The van der Waals surface area contributed by atoms with Crippen molar-refractivity contribution in [2.45, 2.75) is 25.1 Å². The summed E-state index contributed by atoms with van der Waals surface area (Å²) in [5.41, 5.74) is -1.90. The second-order valence-corrected chi connectivity index (χ2v) is 7.19. The van der Waals surface area contributed by atoms with Gasteiger partial charge in [-0.3, -0.25) is 5.32 Å². The van der Waals surface area contributed by atoms with Gasteiger partial charge in [-0.15, -0.1) is 0 Å². The summed E-state index contributed by atoms with van der Waals surface area (Å²) >= 11 is 0. The number of alkyl halides is 5. The summed E-state index contributed by atoms with van der Waals surface area (Å²) in [5, 5.41) is 5.27. The Balaban J connectivity index is 1.90. The molecular formula is C18H17F5N6O2. The molecule has 31 heavy (non-hydrogen) atoms. The van der Waals surface area contributed by atoms with Gasteiger partial charge in [-0.2, -0.15) is 13.2 Å². The lowest BCUT2D eigenvalue weighted by Crippen LogP contribution is -2.44. The third-order valence-electron chi connectivity index (χ3n) is 4.87. The van der Waals surface area contributed by atoms with E-state index >= 15 is 0 Å². The van der Waals surface area contributed by atoms with Gasteiger partial charge in [-0.05, 0) is 12.1 Å². The van der Waals surface area contributed by atoms with Crippen LogP contribution in [0.5, 0.6) is 0 Å². The van der Waals surface area contributed by atoms with E-state index in [4.69, 9.17) is 4.74 Å². The molecule has 1 amide bonds. The van der Waals surface area contributed by atoms with E-state index in [0.717, 1.165) is 18.5 Å². The molecule has 8 nitrogen and oxygen atoms in total. The van der Waals surface area contributed by atoms with Crippen LogP contribution < -0.4 is 15.5 Å². The van der Waals surface area contributed by atoms with Crippen molar-refractivity contribution in [3.05, 3.63) is 29.6 Å². The van der Waals surface area contributed by atoms with Crippen LogP contribution in [0.15, 0.2) is 18.5 Å². The molecule has 2 aromatic heterocycles. The molecule has 2 aliphatic rings. The van der Waals surface area contributed by atoms with E-state index in [9.17, 15) is 26.7 Å². The Hall–Kier alpha value is -3.09. The van der Waals surface area contributed by atoms with Crippen molar-refractivity contribution in [3.63, 3.8) is 0 Å². The van der Waals surface area contributed by atoms with Gasteiger partial charge in [0.1, 0.15) is 23.7 Å². The van der Waals surface area contributed by atoms with Crippen molar-refractivity contribution in [3.8, 4) is 11.4 Å². The Morgan fingerprint density at radius 3 is 2.48 bits per heavy atom. The molecule has 1 fully saturated rings. The number of carbonyl (C=O) groups is 1. The number of ether oxygens (including phenoxy) is 1. The average molecular weight is 444 g/mol. The highest BCUT2D eigenvalue weighted by Gasteiger charge is 2.46. The van der Waals surface area contributed by atoms with Crippen molar-refractivity contribution in [2.75, 3.05) is 36.4 Å². The minimum absolute atomic E-state index is 0.0410. The van der Waals surface area contributed by atoms with Crippen LogP contribution in [0, 0.1) is 0 Å². The van der Waals surface area contributed by atoms with Crippen LogP contribution in [-0.2, 0) is 10.9 Å². The number of hydrogen-bond acceptors (Lipinski definition) is 7. The second-order valence-electron chi connectivity index (χ2n) is 7.19. The molecule has 0 radical (unpaired) electrons. The molecule has 13 heteroatoms. The molecule has 0 spiro atoms. The predicted octanol–water partition coefficient (Wildman–Crippen LogP) is 3.23. The molecule has 4 heterocycles. The number of hydrogen-bond donors (Lipinski definition) is 2. The molecule has 2 N–H and O–H groups in total. The number of cyclic esters (lactones) is 1. The van der Waals surface area contributed by atoms with Crippen LogP contribution >= 0.6 is 0 Å². The maximum absolute atomic E-state index is 14.2. The lowest BCUT2D eigenvalue weighted by Gasteiger charge is -2.31. The van der Waals surface area contributed by atoms with Gasteiger partial charge in [0.25, 0.3) is 5.92 Å². The van der Waals surface area contributed by atoms with E-state index in [1.54, 1.807) is 4.90 Å². The number of pyridine rings is 1. The highest BCUT2D eigenvalue weighted by molar-refractivity contribution is 5.88. The first-order valence-electron chi connectivity index (χ1n) is 9.29. The molecule has 0 unspecified atom stereocenters. The van der Waals surface area contributed by atoms with Crippen LogP contribution in [0.25, 0.3) is 11.4 Å². The zero-order chi connectivity index (χ0) is 22.4. The maximum atomic E-state index is 14.2. The largest absolute Gasteiger partial charge is 0.434 e. The smallest absolute Gasteiger partial charge is 0.416 e. The fraction of sp³-hybridized carbons (Fsp3) is 0.444. The van der Waals surface area contributed by atoms with E-state index < -0.39 is 29.9 Å². The topological polar surface area (TPSA) is 92.3 Å². The molecule has 0 saturated carbocycles. The number of carbonyl (C=O) groups excluding carboxylic acids is 1. The van der Waals surface area contributed by atoms with Gasteiger partial charge >= 0.3 is 12.3 Å². The van der Waals surface area contributed by atoms with Crippen LogP contribution in [0.3, 0.4) is 0 Å². The molecule has 0 aliphatic carbocycles. The number of halogens is 5. The van der Waals surface area contributed by atoms with Gasteiger partial charge in [-0.25, -0.2) is 28.5 Å². The van der Waals surface area contributed by atoms with E-state index in [2.05, 4.69) is 25.6 Å². The number of nitrogens with zero attached hydrogens (tertiary/aromatic N) is 4. The number of amides is 1. The van der Waals surface area contributed by atoms with Crippen molar-refractivity contribution in [2.24, 2.45) is 0 Å². The van der Waals surface area contributed by atoms with Gasteiger partial charge in [0, 0.05) is 33.1 Å². The summed E-state index contributed by atoms with van der Waals surface area (Å²) in [6.45, 7) is 2.48. The first-order valence-corrected chi connectivity index (χ1v) is 9.29. The minimum atomic E-state index is -4.70. The van der Waals surface area contributed by atoms with E-state index in [-0.39, 0.29) is 28.6 Å². The SMILES string of the molecule is CC(F)(F)[C@H]1OC(=O)Nc2ncnc(-c3cc(C(F)(F)F)cc(N4CCNCC4)n3)c21. The number of fused-ring (bicyclic) bond motifs is 1. The summed E-state index contributed by atoms with van der Waals surface area (Å²) in [4.78, 5) is 25.3. The third kappa shape index (κ3) is 4.22. The lowest BCUT2D eigenvalue weighted by molar-refractivity contribution is -0.137. The van der Waals surface area contributed by atoms with Crippen molar-refractivity contribution in [1.29, 1.82) is 0 Å². The summed E-state index contributed by atoms with van der Waals surface area (Å²) in [6, 6.07) is 1.64. The number of piperazine rings is 1. The molecule has 0 bridgehead atoms. The Bertz CT molecular complexity index is 1000. The van der Waals surface area contributed by atoms with Crippen molar-refractivity contribution >= 4 is 17.7 Å². The zero-order valence-corrected chi connectivity index (χ0v) is 16.1. The first-order chi connectivity index (χ1) is 14.5. The zero-order valence-electron chi connectivity index (χ0n) is 16.1.